The normalized spacial score (nSPS) is 10.3. The van der Waals surface area contributed by atoms with Crippen LogP contribution in [0.3, 0.4) is 0 Å². The smallest absolute Gasteiger partial charge is 0.270 e. The van der Waals surface area contributed by atoms with E-state index in [9.17, 15) is 19.7 Å². The summed E-state index contributed by atoms with van der Waals surface area (Å²) in [5.74, 6) is -0.943. The second kappa shape index (κ2) is 7.43. The van der Waals surface area contributed by atoms with Crippen molar-refractivity contribution >= 4 is 34.0 Å². The van der Waals surface area contributed by atoms with Crippen LogP contribution in [0.1, 0.15) is 10.4 Å². The van der Waals surface area contributed by atoms with Crippen molar-refractivity contribution in [2.24, 2.45) is 0 Å². The molecule has 7 nitrogen and oxygen atoms in total. The van der Waals surface area contributed by atoms with E-state index in [2.05, 4.69) is 10.6 Å². The first-order chi connectivity index (χ1) is 12.5. The predicted octanol–water partition coefficient (Wildman–Crippen LogP) is 3.12. The van der Waals surface area contributed by atoms with Crippen molar-refractivity contribution in [2.45, 2.75) is 0 Å². The Kier molecular flexibility index (Phi) is 4.89. The summed E-state index contributed by atoms with van der Waals surface area (Å²) < 4.78 is 0. The van der Waals surface area contributed by atoms with Gasteiger partial charge >= 0.3 is 0 Å². The minimum Gasteiger partial charge on any atom is -0.343 e. The first-order valence-corrected chi connectivity index (χ1v) is 7.84. The van der Waals surface area contributed by atoms with Gasteiger partial charge in [0.25, 0.3) is 11.6 Å². The van der Waals surface area contributed by atoms with Crippen LogP contribution in [0.25, 0.3) is 10.8 Å². The van der Waals surface area contributed by atoms with Crippen LogP contribution in [0.15, 0.2) is 66.7 Å². The van der Waals surface area contributed by atoms with Crippen molar-refractivity contribution in [3.63, 3.8) is 0 Å². The minimum atomic E-state index is -0.580. The summed E-state index contributed by atoms with van der Waals surface area (Å²) in [6.45, 7) is -0.242. The van der Waals surface area contributed by atoms with Crippen molar-refractivity contribution in [2.75, 3.05) is 11.9 Å². The third-order valence-electron chi connectivity index (χ3n) is 3.76. The maximum atomic E-state index is 12.0. The Morgan fingerprint density at radius 1 is 0.923 bits per heavy atom. The highest BCUT2D eigenvalue weighted by Gasteiger charge is 2.12. The Morgan fingerprint density at radius 2 is 1.69 bits per heavy atom. The first-order valence-electron chi connectivity index (χ1n) is 7.84. The Bertz CT molecular complexity index is 1000. The summed E-state index contributed by atoms with van der Waals surface area (Å²) in [7, 11) is 0. The van der Waals surface area contributed by atoms with Crippen molar-refractivity contribution in [1.82, 2.24) is 5.32 Å². The quantitative estimate of drug-likeness (QED) is 0.546. The molecule has 0 unspecified atom stereocenters. The minimum absolute atomic E-state index is 0.123. The molecule has 3 aromatic rings. The Morgan fingerprint density at radius 3 is 2.46 bits per heavy atom. The zero-order valence-electron chi connectivity index (χ0n) is 13.6. The number of non-ortho nitro benzene ring substituents is 1. The molecule has 0 saturated heterocycles. The summed E-state index contributed by atoms with van der Waals surface area (Å²) in [5.41, 5.74) is 0.564. The van der Waals surface area contributed by atoms with Crippen LogP contribution in [0, 0.1) is 10.1 Å². The van der Waals surface area contributed by atoms with Gasteiger partial charge in [-0.3, -0.25) is 19.7 Å². The molecule has 0 radical (unpaired) electrons. The van der Waals surface area contributed by atoms with Crippen LogP contribution >= 0.6 is 0 Å². The maximum absolute atomic E-state index is 12.0. The van der Waals surface area contributed by atoms with E-state index in [4.69, 9.17) is 0 Å². The van der Waals surface area contributed by atoms with Crippen LogP contribution in [-0.2, 0) is 4.79 Å². The highest BCUT2D eigenvalue weighted by molar-refractivity contribution is 6.00. The number of anilines is 1. The van der Waals surface area contributed by atoms with E-state index < -0.39 is 10.8 Å². The molecule has 3 rings (SSSR count). The van der Waals surface area contributed by atoms with E-state index in [-0.39, 0.29) is 23.7 Å². The number of nitro benzene ring substituents is 1. The van der Waals surface area contributed by atoms with Gasteiger partial charge in [-0.05, 0) is 29.0 Å². The molecule has 3 aromatic carbocycles. The SMILES string of the molecule is O=C(CNC(=O)c1cccc([N+](=O)[O-])c1)Nc1ccc2ccccc2c1. The number of nitro groups is 1. The van der Waals surface area contributed by atoms with Gasteiger partial charge in [0.05, 0.1) is 11.5 Å². The fraction of sp³-hybridized carbons (Fsp3) is 0.0526. The second-order valence-electron chi connectivity index (χ2n) is 5.60. The lowest BCUT2D eigenvalue weighted by atomic mass is 10.1. The second-order valence-corrected chi connectivity index (χ2v) is 5.60. The van der Waals surface area contributed by atoms with Gasteiger partial charge in [-0.25, -0.2) is 0 Å². The average Bonchev–Trinajstić information content (AvgIpc) is 2.66. The Labute approximate surface area is 148 Å². The third-order valence-corrected chi connectivity index (χ3v) is 3.76. The van der Waals surface area contributed by atoms with Gasteiger partial charge in [-0.2, -0.15) is 0 Å². The van der Waals surface area contributed by atoms with Gasteiger partial charge < -0.3 is 10.6 Å². The van der Waals surface area contributed by atoms with Crippen molar-refractivity contribution in [1.29, 1.82) is 0 Å². The molecule has 0 aliphatic carbocycles. The highest BCUT2D eigenvalue weighted by atomic mass is 16.6. The standard InChI is InChI=1S/C19H15N3O4/c23-18(21-16-9-8-13-4-1-2-5-14(13)10-16)12-20-19(24)15-6-3-7-17(11-15)22(25)26/h1-11H,12H2,(H,20,24)(H,21,23). The number of carbonyl (C=O) groups is 2. The van der Waals surface area contributed by atoms with E-state index >= 15 is 0 Å². The van der Waals surface area contributed by atoms with Gasteiger partial charge in [-0.1, -0.05) is 36.4 Å². The van der Waals surface area contributed by atoms with Crippen LogP contribution in [0.2, 0.25) is 0 Å². The number of carbonyl (C=O) groups excluding carboxylic acids is 2. The number of benzene rings is 3. The van der Waals surface area contributed by atoms with E-state index in [1.165, 1.54) is 18.2 Å². The number of nitrogens with zero attached hydrogens (tertiary/aromatic N) is 1. The first kappa shape index (κ1) is 17.1. The number of hydrogen-bond donors (Lipinski definition) is 2. The van der Waals surface area contributed by atoms with Gasteiger partial charge in [-0.15, -0.1) is 0 Å². The van der Waals surface area contributed by atoms with E-state index in [1.54, 1.807) is 6.07 Å². The topological polar surface area (TPSA) is 101 Å². The average molecular weight is 349 g/mol. The molecule has 2 amide bonds. The highest BCUT2D eigenvalue weighted by Crippen LogP contribution is 2.18. The molecule has 0 saturated carbocycles. The number of rotatable bonds is 5. The lowest BCUT2D eigenvalue weighted by Gasteiger charge is -2.08. The molecule has 0 bridgehead atoms. The van der Waals surface area contributed by atoms with Gasteiger partial charge in [0, 0.05) is 23.4 Å². The van der Waals surface area contributed by atoms with Crippen LogP contribution in [0.5, 0.6) is 0 Å². The van der Waals surface area contributed by atoms with Crippen molar-refractivity contribution < 1.29 is 14.5 Å². The number of amides is 2. The summed E-state index contributed by atoms with van der Waals surface area (Å²) in [4.78, 5) is 34.2. The number of fused-ring (bicyclic) bond motifs is 1. The fourth-order valence-corrected chi connectivity index (χ4v) is 2.50. The molecular formula is C19H15N3O4. The summed E-state index contributed by atoms with van der Waals surface area (Å²) >= 11 is 0. The predicted molar refractivity (Wildman–Crippen MR) is 98.0 cm³/mol. The molecule has 7 heteroatoms. The molecule has 0 aromatic heterocycles. The molecule has 0 spiro atoms. The Balaban J connectivity index is 1.60. The van der Waals surface area contributed by atoms with Crippen molar-refractivity contribution in [3.05, 3.63) is 82.4 Å². The van der Waals surface area contributed by atoms with Gasteiger partial charge in [0.15, 0.2) is 0 Å². The van der Waals surface area contributed by atoms with Crippen molar-refractivity contribution in [3.8, 4) is 0 Å². The molecule has 0 heterocycles. The van der Waals surface area contributed by atoms with E-state index in [0.717, 1.165) is 16.8 Å². The third kappa shape index (κ3) is 4.02. The largest absolute Gasteiger partial charge is 0.343 e. The van der Waals surface area contributed by atoms with Crippen LogP contribution in [0.4, 0.5) is 11.4 Å². The Hall–Kier alpha value is -3.74. The molecular weight excluding hydrogens is 334 g/mol. The summed E-state index contributed by atoms with van der Waals surface area (Å²) in [5, 5.41) is 18.0. The van der Waals surface area contributed by atoms with Gasteiger partial charge in [0.2, 0.25) is 5.91 Å². The van der Waals surface area contributed by atoms with Gasteiger partial charge in [0.1, 0.15) is 0 Å². The monoisotopic (exact) mass is 349 g/mol. The summed E-state index contributed by atoms with van der Waals surface area (Å²) in [6, 6.07) is 18.6. The maximum Gasteiger partial charge on any atom is 0.270 e. The molecule has 0 fully saturated rings. The molecule has 130 valence electrons. The molecule has 0 aliphatic heterocycles. The lowest BCUT2D eigenvalue weighted by molar-refractivity contribution is -0.384. The van der Waals surface area contributed by atoms with E-state index in [0.29, 0.717) is 5.69 Å². The number of nitrogens with one attached hydrogen (secondary N) is 2. The van der Waals surface area contributed by atoms with E-state index in [1.807, 2.05) is 36.4 Å². The lowest BCUT2D eigenvalue weighted by Crippen LogP contribution is -2.32. The molecule has 0 aliphatic rings. The molecule has 2 N–H and O–H groups in total. The number of hydrogen-bond acceptors (Lipinski definition) is 4. The molecule has 26 heavy (non-hydrogen) atoms. The fourth-order valence-electron chi connectivity index (χ4n) is 2.50. The summed E-state index contributed by atoms with van der Waals surface area (Å²) in [6.07, 6.45) is 0. The zero-order chi connectivity index (χ0) is 18.5. The zero-order valence-corrected chi connectivity index (χ0v) is 13.6. The van der Waals surface area contributed by atoms with Crippen LogP contribution in [-0.4, -0.2) is 23.3 Å². The molecule has 0 atom stereocenters. The van der Waals surface area contributed by atoms with Crippen LogP contribution < -0.4 is 10.6 Å².